The zero-order valence-corrected chi connectivity index (χ0v) is 27.4. The molecular formula is C28H42N6O6SSi. The van der Waals surface area contributed by atoms with Gasteiger partial charge in [-0.3, -0.25) is 4.57 Å². The lowest BCUT2D eigenvalue weighted by atomic mass is 10.1. The number of benzene rings is 1. The van der Waals surface area contributed by atoms with Crippen LogP contribution < -0.4 is 13.8 Å². The molecule has 2 unspecified atom stereocenters. The molecule has 0 saturated carbocycles. The van der Waals surface area contributed by atoms with Gasteiger partial charge in [0.15, 0.2) is 11.6 Å². The van der Waals surface area contributed by atoms with E-state index in [2.05, 4.69) is 39.8 Å². The van der Waals surface area contributed by atoms with Gasteiger partial charge in [-0.05, 0) is 57.5 Å². The average Bonchev–Trinajstić information content (AvgIpc) is 3.28. The standard InChI is InChI=1S/C28H42N6O6SSi/c1-18(2)40-25(26-29-14-19(3)15-30-26)20(4)41(36,37)33(11-12-42(6,7)8)28-32-31-27-23-13-22(38-5)9-10-24(23)39-17-21(16-35)34(27)28/h9-10,13-15,18,20-21,25,35H,11-12,16-17H2,1-8H3/t20?,21-,25?/m0/s1. The summed E-state index contributed by atoms with van der Waals surface area (Å²) in [5.74, 6) is 1.91. The molecule has 0 radical (unpaired) electrons. The molecule has 3 atom stereocenters. The number of aliphatic hydroxyl groups excluding tert-OH is 1. The van der Waals surface area contributed by atoms with Crippen LogP contribution in [0.15, 0.2) is 30.6 Å². The summed E-state index contributed by atoms with van der Waals surface area (Å²) in [6.07, 6.45) is 2.09. The Morgan fingerprint density at radius 1 is 1.17 bits per heavy atom. The van der Waals surface area contributed by atoms with Crippen molar-refractivity contribution in [2.75, 3.05) is 31.2 Å². The van der Waals surface area contributed by atoms with Gasteiger partial charge in [0.2, 0.25) is 16.0 Å². The maximum absolute atomic E-state index is 14.6. The van der Waals surface area contributed by atoms with E-state index in [9.17, 15) is 13.5 Å². The number of ether oxygens (including phenoxy) is 3. The Morgan fingerprint density at radius 3 is 2.45 bits per heavy atom. The van der Waals surface area contributed by atoms with E-state index in [0.29, 0.717) is 34.8 Å². The summed E-state index contributed by atoms with van der Waals surface area (Å²) in [6.45, 7) is 13.7. The SMILES string of the molecule is COc1ccc2c(c1)-c1nnc(N(CC[Si](C)(C)C)S(=O)(=O)C(C)C(OC(C)C)c3ncc(C)cn3)n1[C@@H](CO)CO2. The second-order valence-electron chi connectivity index (χ2n) is 12.1. The summed E-state index contributed by atoms with van der Waals surface area (Å²) in [7, 11) is -4.30. The smallest absolute Gasteiger partial charge is 0.243 e. The van der Waals surface area contributed by atoms with Gasteiger partial charge in [-0.25, -0.2) is 22.7 Å². The minimum atomic E-state index is -4.14. The minimum Gasteiger partial charge on any atom is -0.497 e. The number of methoxy groups -OCH3 is 1. The van der Waals surface area contributed by atoms with Crippen LogP contribution in [0.5, 0.6) is 11.5 Å². The van der Waals surface area contributed by atoms with Crippen molar-refractivity contribution in [2.24, 2.45) is 0 Å². The Labute approximate surface area is 249 Å². The minimum absolute atomic E-state index is 0.0988. The largest absolute Gasteiger partial charge is 0.497 e. The second-order valence-corrected chi connectivity index (χ2v) is 19.9. The molecule has 0 spiro atoms. The maximum atomic E-state index is 14.6. The zero-order chi connectivity index (χ0) is 30.8. The van der Waals surface area contributed by atoms with Gasteiger partial charge < -0.3 is 19.3 Å². The van der Waals surface area contributed by atoms with E-state index in [1.54, 1.807) is 49.2 Å². The van der Waals surface area contributed by atoms with Gasteiger partial charge in [0.1, 0.15) is 29.5 Å². The zero-order valence-electron chi connectivity index (χ0n) is 25.6. The lowest BCUT2D eigenvalue weighted by Gasteiger charge is -2.33. The third kappa shape index (κ3) is 6.77. The van der Waals surface area contributed by atoms with E-state index in [-0.39, 0.29) is 31.8 Å². The number of aryl methyl sites for hydroxylation is 1. The van der Waals surface area contributed by atoms with Crippen LogP contribution in [0.2, 0.25) is 25.7 Å². The summed E-state index contributed by atoms with van der Waals surface area (Å²) >= 11 is 0. The Balaban J connectivity index is 1.87. The molecule has 0 bridgehead atoms. The van der Waals surface area contributed by atoms with Gasteiger partial charge in [0.05, 0.1) is 31.4 Å². The van der Waals surface area contributed by atoms with Crippen LogP contribution in [0.1, 0.15) is 44.3 Å². The van der Waals surface area contributed by atoms with Crippen molar-refractivity contribution in [2.45, 2.75) is 76.9 Å². The van der Waals surface area contributed by atoms with Gasteiger partial charge in [-0.1, -0.05) is 19.6 Å². The van der Waals surface area contributed by atoms with E-state index in [4.69, 9.17) is 14.2 Å². The Kier molecular flexibility index (Phi) is 9.60. The highest BCUT2D eigenvalue weighted by atomic mass is 32.2. The van der Waals surface area contributed by atoms with Gasteiger partial charge >= 0.3 is 0 Å². The average molecular weight is 619 g/mol. The fraction of sp³-hybridized carbons (Fsp3) is 0.571. The quantitative estimate of drug-likeness (QED) is 0.296. The van der Waals surface area contributed by atoms with Crippen LogP contribution in [0.4, 0.5) is 5.95 Å². The fourth-order valence-corrected chi connectivity index (χ4v) is 7.32. The summed E-state index contributed by atoms with van der Waals surface area (Å²) in [5, 5.41) is 18.2. The number of sulfonamides is 1. The molecule has 0 amide bonds. The van der Waals surface area contributed by atoms with Crippen LogP contribution in [-0.4, -0.2) is 84.6 Å². The van der Waals surface area contributed by atoms with Crippen LogP contribution >= 0.6 is 0 Å². The highest BCUT2D eigenvalue weighted by molar-refractivity contribution is 7.93. The summed E-state index contributed by atoms with van der Waals surface area (Å²) in [5.41, 5.74) is 1.45. The molecule has 0 fully saturated rings. The molecular weight excluding hydrogens is 576 g/mol. The lowest BCUT2D eigenvalue weighted by molar-refractivity contribution is 0.00139. The van der Waals surface area contributed by atoms with Crippen molar-refractivity contribution in [1.29, 1.82) is 0 Å². The predicted octanol–water partition coefficient (Wildman–Crippen LogP) is 4.01. The first-order chi connectivity index (χ1) is 19.8. The molecule has 1 aliphatic heterocycles. The number of anilines is 1. The normalized spacial score (nSPS) is 16.7. The number of aliphatic hydroxyl groups is 1. The number of rotatable bonds is 12. The Hall–Kier alpha value is -3.07. The van der Waals surface area contributed by atoms with Crippen molar-refractivity contribution in [3.63, 3.8) is 0 Å². The van der Waals surface area contributed by atoms with Crippen molar-refractivity contribution in [3.05, 3.63) is 42.0 Å². The molecule has 3 aromatic rings. The Morgan fingerprint density at radius 2 is 1.86 bits per heavy atom. The van der Waals surface area contributed by atoms with Gasteiger partial charge in [-0.2, -0.15) is 0 Å². The Bertz CT molecular complexity index is 1470. The van der Waals surface area contributed by atoms with Crippen LogP contribution in [0.3, 0.4) is 0 Å². The molecule has 1 N–H and O–H groups in total. The van der Waals surface area contributed by atoms with Gasteiger partial charge in [0.25, 0.3) is 0 Å². The molecule has 230 valence electrons. The van der Waals surface area contributed by atoms with Gasteiger partial charge in [-0.15, -0.1) is 10.2 Å². The van der Waals surface area contributed by atoms with Gasteiger partial charge in [0, 0.05) is 27.0 Å². The number of aromatic nitrogens is 5. The first kappa shape index (κ1) is 31.9. The first-order valence-corrected chi connectivity index (χ1v) is 19.3. The molecule has 0 saturated heterocycles. The molecule has 0 aliphatic carbocycles. The number of nitrogens with zero attached hydrogens (tertiary/aromatic N) is 6. The number of fused-ring (bicyclic) bond motifs is 3. The fourth-order valence-electron chi connectivity index (χ4n) is 4.66. The predicted molar refractivity (Wildman–Crippen MR) is 163 cm³/mol. The van der Waals surface area contributed by atoms with E-state index < -0.39 is 35.5 Å². The van der Waals surface area contributed by atoms with E-state index >= 15 is 0 Å². The monoisotopic (exact) mass is 618 g/mol. The molecule has 4 rings (SSSR count). The highest BCUT2D eigenvalue weighted by Crippen LogP contribution is 2.40. The van der Waals surface area contributed by atoms with Crippen LogP contribution in [-0.2, 0) is 14.8 Å². The van der Waals surface area contributed by atoms with E-state index in [1.165, 1.54) is 4.31 Å². The molecule has 42 heavy (non-hydrogen) atoms. The second kappa shape index (κ2) is 12.7. The van der Waals surface area contributed by atoms with Crippen molar-refractivity contribution in [3.8, 4) is 22.9 Å². The summed E-state index contributed by atoms with van der Waals surface area (Å²) in [6, 6.07) is 5.34. The van der Waals surface area contributed by atoms with Crippen molar-refractivity contribution >= 4 is 24.0 Å². The molecule has 1 aliphatic rings. The highest BCUT2D eigenvalue weighted by Gasteiger charge is 2.42. The number of hydrogen-bond acceptors (Lipinski definition) is 10. The summed E-state index contributed by atoms with van der Waals surface area (Å²) in [4.78, 5) is 8.83. The third-order valence-electron chi connectivity index (χ3n) is 7.08. The molecule has 1 aromatic carbocycles. The van der Waals surface area contributed by atoms with E-state index in [0.717, 1.165) is 5.56 Å². The maximum Gasteiger partial charge on any atom is 0.243 e. The topological polar surface area (TPSA) is 142 Å². The van der Waals surface area contributed by atoms with E-state index in [1.807, 2.05) is 20.8 Å². The third-order valence-corrected chi connectivity index (χ3v) is 10.9. The first-order valence-electron chi connectivity index (χ1n) is 14.1. The van der Waals surface area contributed by atoms with Crippen LogP contribution in [0.25, 0.3) is 11.4 Å². The molecule has 2 aromatic heterocycles. The molecule has 14 heteroatoms. The van der Waals surface area contributed by atoms with Crippen molar-refractivity contribution in [1.82, 2.24) is 24.7 Å². The molecule has 12 nitrogen and oxygen atoms in total. The molecule has 3 heterocycles. The lowest BCUT2D eigenvalue weighted by Crippen LogP contribution is -2.45. The van der Waals surface area contributed by atoms with Crippen molar-refractivity contribution < 1.29 is 27.7 Å². The number of hydrogen-bond donors (Lipinski definition) is 1. The van der Waals surface area contributed by atoms with Crippen LogP contribution in [0, 0.1) is 6.92 Å². The summed E-state index contributed by atoms with van der Waals surface area (Å²) < 4.78 is 49.8.